The fourth-order valence-electron chi connectivity index (χ4n) is 1.10. The SMILES string of the molecule is CNCC1C=CC=C(C#N)C=C1. The summed E-state index contributed by atoms with van der Waals surface area (Å²) in [5.41, 5.74) is 0.713. The number of rotatable bonds is 2. The van der Waals surface area contributed by atoms with Crippen LogP contribution in [-0.4, -0.2) is 13.6 Å². The Hall–Kier alpha value is -1.33. The molecule has 0 aromatic rings. The maximum absolute atomic E-state index is 8.61. The largest absolute Gasteiger partial charge is 0.319 e. The first-order valence-corrected chi connectivity index (χ1v) is 3.98. The van der Waals surface area contributed by atoms with Gasteiger partial charge in [-0.05, 0) is 19.2 Å². The lowest BCUT2D eigenvalue weighted by Gasteiger charge is -2.03. The zero-order valence-corrected chi connectivity index (χ0v) is 7.12. The number of allylic oxidation sites excluding steroid dienone is 4. The molecule has 1 N–H and O–H groups in total. The van der Waals surface area contributed by atoms with Gasteiger partial charge in [0.2, 0.25) is 0 Å². The number of hydrogen-bond donors (Lipinski definition) is 1. The molecular weight excluding hydrogens is 148 g/mol. The van der Waals surface area contributed by atoms with Crippen LogP contribution >= 0.6 is 0 Å². The summed E-state index contributed by atoms with van der Waals surface area (Å²) < 4.78 is 0. The standard InChI is InChI=1S/C10H12N2/c1-12-8-10-4-2-3-9(7-11)5-6-10/h2-6,10,12H,8H2,1H3. The van der Waals surface area contributed by atoms with Gasteiger partial charge >= 0.3 is 0 Å². The predicted octanol–water partition coefficient (Wildman–Crippen LogP) is 1.40. The zero-order chi connectivity index (χ0) is 8.81. The van der Waals surface area contributed by atoms with Gasteiger partial charge in [-0.15, -0.1) is 0 Å². The second-order valence-corrected chi connectivity index (χ2v) is 2.70. The summed E-state index contributed by atoms with van der Waals surface area (Å²) in [5.74, 6) is 0.400. The molecular formula is C10H12N2. The molecule has 12 heavy (non-hydrogen) atoms. The van der Waals surface area contributed by atoms with E-state index in [1.165, 1.54) is 0 Å². The molecule has 0 fully saturated rings. The van der Waals surface area contributed by atoms with Crippen molar-refractivity contribution in [3.63, 3.8) is 0 Å². The van der Waals surface area contributed by atoms with E-state index in [4.69, 9.17) is 5.26 Å². The fraction of sp³-hybridized carbons (Fsp3) is 0.300. The number of nitrogens with one attached hydrogen (secondary N) is 1. The van der Waals surface area contributed by atoms with Crippen molar-refractivity contribution in [1.82, 2.24) is 5.32 Å². The van der Waals surface area contributed by atoms with E-state index in [1.807, 2.05) is 31.4 Å². The van der Waals surface area contributed by atoms with Crippen LogP contribution in [0, 0.1) is 17.2 Å². The minimum Gasteiger partial charge on any atom is -0.319 e. The first-order chi connectivity index (χ1) is 5.86. The van der Waals surface area contributed by atoms with Crippen molar-refractivity contribution in [2.24, 2.45) is 5.92 Å². The maximum atomic E-state index is 8.61. The van der Waals surface area contributed by atoms with Gasteiger partial charge in [0.15, 0.2) is 0 Å². The van der Waals surface area contributed by atoms with Crippen molar-refractivity contribution < 1.29 is 0 Å². The van der Waals surface area contributed by atoms with Gasteiger partial charge in [-0.25, -0.2) is 0 Å². The molecule has 0 heterocycles. The Labute approximate surface area is 72.9 Å². The quantitative estimate of drug-likeness (QED) is 0.662. The molecule has 1 unspecified atom stereocenters. The number of nitriles is 1. The van der Waals surface area contributed by atoms with Crippen LogP contribution in [0.2, 0.25) is 0 Å². The first kappa shape index (κ1) is 8.76. The van der Waals surface area contributed by atoms with Crippen molar-refractivity contribution in [3.05, 3.63) is 36.0 Å². The van der Waals surface area contributed by atoms with Gasteiger partial charge < -0.3 is 5.32 Å². The highest BCUT2D eigenvalue weighted by Gasteiger charge is 2.00. The third-order valence-corrected chi connectivity index (χ3v) is 1.73. The lowest BCUT2D eigenvalue weighted by molar-refractivity contribution is 0.702. The summed E-state index contributed by atoms with van der Waals surface area (Å²) >= 11 is 0. The lowest BCUT2D eigenvalue weighted by atomic mass is 10.1. The van der Waals surface area contributed by atoms with Crippen LogP contribution < -0.4 is 5.32 Å². The van der Waals surface area contributed by atoms with Crippen LogP contribution in [0.25, 0.3) is 0 Å². The van der Waals surface area contributed by atoms with Gasteiger partial charge in [0.1, 0.15) is 0 Å². The molecule has 2 heteroatoms. The van der Waals surface area contributed by atoms with Gasteiger partial charge in [-0.2, -0.15) is 5.26 Å². The summed E-state index contributed by atoms with van der Waals surface area (Å²) in [4.78, 5) is 0. The number of hydrogen-bond acceptors (Lipinski definition) is 2. The molecule has 0 radical (unpaired) electrons. The van der Waals surface area contributed by atoms with E-state index in [9.17, 15) is 0 Å². The smallest absolute Gasteiger partial charge is 0.0991 e. The molecule has 0 aliphatic heterocycles. The molecule has 1 aliphatic rings. The van der Waals surface area contributed by atoms with Gasteiger partial charge in [0.05, 0.1) is 11.6 Å². The Morgan fingerprint density at radius 1 is 1.58 bits per heavy atom. The summed E-state index contributed by atoms with van der Waals surface area (Å²) in [7, 11) is 1.92. The minimum atomic E-state index is 0.400. The Balaban J connectivity index is 2.65. The van der Waals surface area contributed by atoms with Crippen molar-refractivity contribution in [2.45, 2.75) is 0 Å². The van der Waals surface area contributed by atoms with Crippen LogP contribution in [0.1, 0.15) is 0 Å². The molecule has 1 atom stereocenters. The molecule has 0 saturated carbocycles. The average molecular weight is 160 g/mol. The van der Waals surface area contributed by atoms with Crippen molar-refractivity contribution in [1.29, 1.82) is 5.26 Å². The monoisotopic (exact) mass is 160 g/mol. The highest BCUT2D eigenvalue weighted by Crippen LogP contribution is 2.08. The summed E-state index contributed by atoms with van der Waals surface area (Å²) in [5, 5.41) is 11.7. The third-order valence-electron chi connectivity index (χ3n) is 1.73. The van der Waals surface area contributed by atoms with E-state index >= 15 is 0 Å². The average Bonchev–Trinajstić information content (AvgIpc) is 2.31. The molecule has 0 aromatic heterocycles. The Morgan fingerprint density at radius 2 is 2.42 bits per heavy atom. The summed E-state index contributed by atoms with van der Waals surface area (Å²) in [6, 6.07) is 2.11. The highest BCUT2D eigenvalue weighted by atomic mass is 14.8. The highest BCUT2D eigenvalue weighted by molar-refractivity contribution is 5.38. The van der Waals surface area contributed by atoms with Crippen LogP contribution in [0.5, 0.6) is 0 Å². The minimum absolute atomic E-state index is 0.400. The second-order valence-electron chi connectivity index (χ2n) is 2.70. The molecule has 0 saturated heterocycles. The van der Waals surface area contributed by atoms with Gasteiger partial charge in [-0.1, -0.05) is 18.2 Å². The van der Waals surface area contributed by atoms with Crippen LogP contribution in [-0.2, 0) is 0 Å². The fourth-order valence-corrected chi connectivity index (χ4v) is 1.10. The van der Waals surface area contributed by atoms with E-state index in [2.05, 4.69) is 17.5 Å². The molecule has 0 aromatic carbocycles. The van der Waals surface area contributed by atoms with E-state index in [-0.39, 0.29) is 0 Å². The van der Waals surface area contributed by atoms with E-state index in [0.29, 0.717) is 11.5 Å². The van der Waals surface area contributed by atoms with Gasteiger partial charge in [0, 0.05) is 12.5 Å². The van der Waals surface area contributed by atoms with E-state index in [1.54, 1.807) is 0 Å². The summed E-state index contributed by atoms with van der Waals surface area (Å²) in [6.07, 6.45) is 9.74. The van der Waals surface area contributed by atoms with E-state index in [0.717, 1.165) is 6.54 Å². The van der Waals surface area contributed by atoms with E-state index < -0.39 is 0 Å². The van der Waals surface area contributed by atoms with Crippen molar-refractivity contribution in [3.8, 4) is 6.07 Å². The third kappa shape index (κ3) is 2.37. The van der Waals surface area contributed by atoms with Crippen LogP contribution in [0.3, 0.4) is 0 Å². The topological polar surface area (TPSA) is 35.8 Å². The zero-order valence-electron chi connectivity index (χ0n) is 7.12. The summed E-state index contributed by atoms with van der Waals surface area (Å²) in [6.45, 7) is 0.916. The number of nitrogens with zero attached hydrogens (tertiary/aromatic N) is 1. The molecule has 0 bridgehead atoms. The Morgan fingerprint density at radius 3 is 3.08 bits per heavy atom. The second kappa shape index (κ2) is 4.53. The van der Waals surface area contributed by atoms with Gasteiger partial charge in [0.25, 0.3) is 0 Å². The molecule has 1 aliphatic carbocycles. The Kier molecular flexibility index (Phi) is 3.31. The van der Waals surface area contributed by atoms with Crippen molar-refractivity contribution in [2.75, 3.05) is 13.6 Å². The first-order valence-electron chi connectivity index (χ1n) is 3.98. The normalized spacial score (nSPS) is 21.3. The van der Waals surface area contributed by atoms with Crippen molar-refractivity contribution >= 4 is 0 Å². The maximum Gasteiger partial charge on any atom is 0.0991 e. The molecule has 0 amide bonds. The molecule has 62 valence electrons. The lowest BCUT2D eigenvalue weighted by Crippen LogP contribution is -2.15. The van der Waals surface area contributed by atoms with Crippen LogP contribution in [0.4, 0.5) is 0 Å². The molecule has 1 rings (SSSR count). The Bertz CT molecular complexity index is 266. The molecule has 2 nitrogen and oxygen atoms in total. The van der Waals surface area contributed by atoms with Gasteiger partial charge in [-0.3, -0.25) is 0 Å². The molecule has 0 spiro atoms. The predicted molar refractivity (Wildman–Crippen MR) is 49.4 cm³/mol. The van der Waals surface area contributed by atoms with Crippen LogP contribution in [0.15, 0.2) is 36.0 Å².